The summed E-state index contributed by atoms with van der Waals surface area (Å²) >= 11 is 0. The molecular weight excluding hydrogens is 666 g/mol. The van der Waals surface area contributed by atoms with Crippen molar-refractivity contribution in [1.82, 2.24) is 16.0 Å². The highest BCUT2D eigenvalue weighted by molar-refractivity contribution is 5.74. The van der Waals surface area contributed by atoms with Gasteiger partial charge in [-0.25, -0.2) is 0 Å². The Morgan fingerprint density at radius 3 is 2.49 bits per heavy atom. The quantitative estimate of drug-likeness (QED) is 0.0566. The van der Waals surface area contributed by atoms with Gasteiger partial charge in [-0.1, -0.05) is 66.3 Å². The van der Waals surface area contributed by atoms with Gasteiger partial charge in [0, 0.05) is 24.0 Å². The predicted octanol–water partition coefficient (Wildman–Crippen LogP) is 4.45. The molecule has 1 spiro atoms. The van der Waals surface area contributed by atoms with Crippen molar-refractivity contribution in [3.63, 3.8) is 0 Å². The third-order valence-corrected chi connectivity index (χ3v) is 12.7. The zero-order chi connectivity index (χ0) is 38.6. The number of rotatable bonds is 15. The Kier molecular flexibility index (Phi) is 16.4. The van der Waals surface area contributed by atoms with E-state index in [1.54, 1.807) is 0 Å². The van der Waals surface area contributed by atoms with Crippen LogP contribution in [0.1, 0.15) is 82.8 Å². The molecule has 2 aliphatic carbocycles. The van der Waals surface area contributed by atoms with Gasteiger partial charge in [0.2, 0.25) is 0 Å². The van der Waals surface area contributed by atoms with E-state index in [0.717, 1.165) is 48.8 Å². The third-order valence-electron chi connectivity index (χ3n) is 12.7. The molecule has 2 saturated carbocycles. The Balaban J connectivity index is 1.61. The van der Waals surface area contributed by atoms with E-state index in [4.69, 9.17) is 0 Å². The van der Waals surface area contributed by atoms with Crippen LogP contribution in [0.2, 0.25) is 0 Å². The molecule has 0 radical (unpaired) electrons. The molecule has 0 unspecified atom stereocenters. The van der Waals surface area contributed by atoms with E-state index in [0.29, 0.717) is 69.1 Å². The van der Waals surface area contributed by atoms with E-state index < -0.39 is 23.3 Å². The molecule has 9 heteroatoms. The van der Waals surface area contributed by atoms with Crippen LogP contribution in [0.3, 0.4) is 0 Å². The topological polar surface area (TPSA) is 154 Å². The summed E-state index contributed by atoms with van der Waals surface area (Å²) in [5, 5.41) is 66.2. The van der Waals surface area contributed by atoms with Gasteiger partial charge in [0.25, 0.3) is 0 Å². The fourth-order valence-corrected chi connectivity index (χ4v) is 9.58. The number of aliphatic hydroxyl groups is 5. The van der Waals surface area contributed by atoms with E-state index in [1.165, 1.54) is 11.1 Å². The van der Waals surface area contributed by atoms with Crippen LogP contribution >= 0.6 is 0 Å². The maximum atomic E-state index is 12.5. The van der Waals surface area contributed by atoms with E-state index in [2.05, 4.69) is 52.9 Å². The van der Waals surface area contributed by atoms with E-state index >= 15 is 0 Å². The Bertz CT molecular complexity index is 1500. The van der Waals surface area contributed by atoms with Gasteiger partial charge in [0.15, 0.2) is 0 Å². The lowest BCUT2D eigenvalue weighted by Crippen LogP contribution is -2.61. The van der Waals surface area contributed by atoms with E-state index in [9.17, 15) is 30.3 Å². The lowest BCUT2D eigenvalue weighted by molar-refractivity contribution is -0.180. The van der Waals surface area contributed by atoms with Crippen molar-refractivity contribution in [3.8, 4) is 0 Å². The molecule has 53 heavy (non-hydrogen) atoms. The molecule has 1 heterocycles. The second-order valence-electron chi connectivity index (χ2n) is 15.9. The highest BCUT2D eigenvalue weighted by Gasteiger charge is 2.65. The predicted molar refractivity (Wildman–Crippen MR) is 213 cm³/mol. The maximum Gasteiger partial charge on any atom is 0.145 e. The first-order valence-corrected chi connectivity index (χ1v) is 19.8. The largest absolute Gasteiger partial charge is 0.396 e. The van der Waals surface area contributed by atoms with Gasteiger partial charge in [-0.05, 0) is 151 Å². The number of carbonyl (C=O) groups excluding carboxylic acids is 1. The minimum atomic E-state index is -1.19. The SMILES string of the molecule is C=C(/C=C/C=C(/CO)[C@@H]1CC[C@]2([C@@H]1O)[C@@H](CCCO)/C(=C(/C)C=O)CC[C@]2(O)CCNC)[C@H]1C/C=C(\C)[C@@H](O)N[C@@H](CCNC)Cc2cccc(c2)C1. The highest BCUT2D eigenvalue weighted by atomic mass is 16.3. The number of hydrogen-bond donors (Lipinski definition) is 8. The molecule has 8 atom stereocenters. The Morgan fingerprint density at radius 2 is 1.81 bits per heavy atom. The number of fused-ring (bicyclic) bond motifs is 2. The Morgan fingerprint density at radius 1 is 1.08 bits per heavy atom. The molecule has 1 aliphatic heterocycles. The number of aldehydes is 1. The Labute approximate surface area is 318 Å². The van der Waals surface area contributed by atoms with E-state index in [-0.39, 0.29) is 37.0 Å². The summed E-state index contributed by atoms with van der Waals surface area (Å²) in [5.41, 5.74) is 4.47. The monoisotopic (exact) mass is 734 g/mol. The van der Waals surface area contributed by atoms with Crippen LogP contribution in [0.15, 0.2) is 83.0 Å². The van der Waals surface area contributed by atoms with Gasteiger partial charge in [-0.15, -0.1) is 0 Å². The van der Waals surface area contributed by atoms with Crippen LogP contribution in [-0.2, 0) is 17.6 Å². The first-order chi connectivity index (χ1) is 25.5. The maximum absolute atomic E-state index is 12.5. The standard InChI is InChI=1S/C44H67N3O6/c1-30(35-15-14-31(2)42(52)47-37(18-22-45-4)27-34-11-7-10-33(25-34)26-35)9-6-12-36(29-50)39-17-20-44(41(39)51)40(13-8-24-48)38(32(3)28-49)16-19-43(44,53)21-23-46-5/h6-7,9-12,14,25,28,35,37,39-42,45-48,50-53H,1,8,13,15-24,26-27,29H2,2-5H3/b9-6+,31-14+,36-12-,38-32-/t35-,37-,39-,40-,41+,42+,43-,44+/m0/s1. The van der Waals surface area contributed by atoms with E-state index in [1.807, 2.05) is 46.2 Å². The smallest absolute Gasteiger partial charge is 0.145 e. The normalized spacial score (nSPS) is 33.3. The zero-order valence-corrected chi connectivity index (χ0v) is 32.6. The number of allylic oxidation sites excluding steroid dienone is 7. The summed E-state index contributed by atoms with van der Waals surface area (Å²) in [6.45, 7) is 9.42. The highest BCUT2D eigenvalue weighted by Crippen LogP contribution is 2.63. The van der Waals surface area contributed by atoms with Crippen molar-refractivity contribution in [3.05, 3.63) is 94.1 Å². The summed E-state index contributed by atoms with van der Waals surface area (Å²) in [7, 11) is 3.79. The second-order valence-corrected chi connectivity index (χ2v) is 15.9. The van der Waals surface area contributed by atoms with Gasteiger partial charge in [-0.3, -0.25) is 10.1 Å². The lowest BCUT2D eigenvalue weighted by Gasteiger charge is -2.57. The fourth-order valence-electron chi connectivity index (χ4n) is 9.58. The number of aliphatic hydroxyl groups excluding tert-OH is 4. The van der Waals surface area contributed by atoms with Crippen molar-refractivity contribution >= 4 is 6.29 Å². The molecule has 2 fully saturated rings. The molecule has 2 bridgehead atoms. The lowest BCUT2D eigenvalue weighted by atomic mass is 9.51. The molecule has 1 aromatic carbocycles. The molecule has 9 nitrogen and oxygen atoms in total. The van der Waals surface area contributed by atoms with Crippen molar-refractivity contribution in [2.45, 2.75) is 108 Å². The zero-order valence-electron chi connectivity index (χ0n) is 32.6. The van der Waals surface area contributed by atoms with Crippen LogP contribution in [0.25, 0.3) is 0 Å². The summed E-state index contributed by atoms with van der Waals surface area (Å²) in [5.74, 6) is -0.570. The summed E-state index contributed by atoms with van der Waals surface area (Å²) in [4.78, 5) is 12.0. The molecule has 4 rings (SSSR count). The fraction of sp³-hybridized carbons (Fsp3) is 0.614. The molecule has 294 valence electrons. The number of nitrogens with one attached hydrogen (secondary N) is 3. The van der Waals surface area contributed by atoms with Crippen LogP contribution in [0.5, 0.6) is 0 Å². The average molecular weight is 734 g/mol. The molecule has 8 N–H and O–H groups in total. The van der Waals surface area contributed by atoms with Gasteiger partial charge < -0.3 is 36.2 Å². The molecular formula is C44H67N3O6. The van der Waals surface area contributed by atoms with Gasteiger partial charge in [-0.2, -0.15) is 0 Å². The van der Waals surface area contributed by atoms with Crippen molar-refractivity contribution in [2.75, 3.05) is 40.4 Å². The minimum Gasteiger partial charge on any atom is -0.396 e. The van der Waals surface area contributed by atoms with Crippen LogP contribution in [-0.4, -0.2) is 96.2 Å². The molecule has 0 amide bonds. The van der Waals surface area contributed by atoms with Crippen LogP contribution in [0.4, 0.5) is 0 Å². The summed E-state index contributed by atoms with van der Waals surface area (Å²) < 4.78 is 0. The number of carbonyl (C=O) groups is 1. The molecule has 1 aromatic rings. The molecule has 0 aromatic heterocycles. The van der Waals surface area contributed by atoms with Crippen molar-refractivity contribution in [1.29, 1.82) is 0 Å². The first kappa shape index (κ1) is 43.0. The van der Waals surface area contributed by atoms with Crippen molar-refractivity contribution in [2.24, 2.45) is 23.2 Å². The van der Waals surface area contributed by atoms with Gasteiger partial charge in [0.1, 0.15) is 12.5 Å². The minimum absolute atomic E-state index is 0.0123. The number of benzene rings is 1. The number of hydrogen-bond acceptors (Lipinski definition) is 9. The second kappa shape index (κ2) is 20.3. The average Bonchev–Trinajstić information content (AvgIpc) is 3.50. The summed E-state index contributed by atoms with van der Waals surface area (Å²) in [6, 6.07) is 8.81. The molecule has 3 aliphatic rings. The first-order valence-electron chi connectivity index (χ1n) is 19.8. The Hall–Kier alpha value is -2.73. The van der Waals surface area contributed by atoms with Gasteiger partial charge in [0.05, 0.1) is 18.3 Å². The van der Waals surface area contributed by atoms with Crippen molar-refractivity contribution < 1.29 is 30.3 Å². The summed E-state index contributed by atoms with van der Waals surface area (Å²) in [6.07, 6.45) is 13.9. The molecule has 0 saturated heterocycles. The third kappa shape index (κ3) is 10.1. The van der Waals surface area contributed by atoms with Crippen LogP contribution < -0.4 is 16.0 Å². The van der Waals surface area contributed by atoms with Gasteiger partial charge >= 0.3 is 0 Å². The van der Waals surface area contributed by atoms with Crippen LogP contribution in [0, 0.1) is 23.2 Å².